The largest absolute Gasteiger partial charge is 0.309 e. The van der Waals surface area contributed by atoms with Crippen LogP contribution in [0.4, 0.5) is 0 Å². The van der Waals surface area contributed by atoms with Crippen LogP contribution in [0.2, 0.25) is 0 Å². The molecule has 0 bridgehead atoms. The molecule has 0 aliphatic carbocycles. The second-order valence-electron chi connectivity index (χ2n) is 3.75. The molecule has 0 unspecified atom stereocenters. The number of rotatable bonds is 1. The number of nitriles is 1. The zero-order valence-corrected chi connectivity index (χ0v) is 9.32. The van der Waals surface area contributed by atoms with E-state index in [1.54, 1.807) is 16.7 Å². The maximum absolute atomic E-state index is 11.7. The summed E-state index contributed by atoms with van der Waals surface area (Å²) in [6, 6.07) is 9.14. The lowest BCUT2D eigenvalue weighted by Gasteiger charge is -2.09. The van der Waals surface area contributed by atoms with Crippen LogP contribution < -0.4 is 5.56 Å². The van der Waals surface area contributed by atoms with E-state index < -0.39 is 0 Å². The van der Waals surface area contributed by atoms with Crippen LogP contribution in [0, 0.1) is 18.3 Å². The molecule has 0 amide bonds. The Balaban J connectivity index is 2.94. The van der Waals surface area contributed by atoms with Gasteiger partial charge in [0.15, 0.2) is 0 Å². The van der Waals surface area contributed by atoms with Crippen molar-refractivity contribution in [3.05, 3.63) is 45.7 Å². The monoisotopic (exact) mass is 212 g/mol. The lowest BCUT2D eigenvalue weighted by Crippen LogP contribution is -2.19. The molecule has 0 spiro atoms. The fourth-order valence-corrected chi connectivity index (χ4v) is 1.94. The number of hydrogen-bond donors (Lipinski definition) is 0. The van der Waals surface area contributed by atoms with Gasteiger partial charge in [-0.2, -0.15) is 5.26 Å². The molecule has 3 heteroatoms. The molecule has 0 atom stereocenters. The van der Waals surface area contributed by atoms with Gasteiger partial charge in [0.05, 0.1) is 17.1 Å². The van der Waals surface area contributed by atoms with Crippen molar-refractivity contribution in [2.24, 2.45) is 0 Å². The predicted octanol–water partition coefficient (Wildman–Crippen LogP) is 2.20. The summed E-state index contributed by atoms with van der Waals surface area (Å²) in [5, 5.41) is 9.82. The third-order valence-corrected chi connectivity index (χ3v) is 2.76. The normalized spacial score (nSPS) is 10.3. The second kappa shape index (κ2) is 3.82. The maximum Gasteiger partial charge on any atom is 0.251 e. The molecule has 16 heavy (non-hydrogen) atoms. The summed E-state index contributed by atoms with van der Waals surface area (Å²) in [5.41, 5.74) is 2.45. The van der Waals surface area contributed by atoms with Crippen molar-refractivity contribution in [1.82, 2.24) is 4.57 Å². The fourth-order valence-electron chi connectivity index (χ4n) is 1.94. The third kappa shape index (κ3) is 1.49. The van der Waals surface area contributed by atoms with Crippen molar-refractivity contribution in [3.63, 3.8) is 0 Å². The van der Waals surface area contributed by atoms with Gasteiger partial charge in [-0.25, -0.2) is 0 Å². The third-order valence-electron chi connectivity index (χ3n) is 2.76. The van der Waals surface area contributed by atoms with Gasteiger partial charge in [-0.1, -0.05) is 0 Å². The van der Waals surface area contributed by atoms with E-state index in [-0.39, 0.29) is 5.56 Å². The Morgan fingerprint density at radius 1 is 1.38 bits per heavy atom. The molecule has 2 aromatic rings. The number of pyridine rings is 1. The molecule has 1 aromatic heterocycles. The highest BCUT2D eigenvalue weighted by Gasteiger charge is 2.05. The first-order valence-electron chi connectivity index (χ1n) is 5.21. The zero-order chi connectivity index (χ0) is 11.7. The van der Waals surface area contributed by atoms with Crippen molar-refractivity contribution in [2.75, 3.05) is 0 Å². The average Bonchev–Trinajstić information content (AvgIpc) is 2.29. The highest BCUT2D eigenvalue weighted by molar-refractivity contribution is 5.83. The fraction of sp³-hybridized carbons (Fsp3) is 0.231. The Morgan fingerprint density at radius 3 is 2.75 bits per heavy atom. The van der Waals surface area contributed by atoms with E-state index in [4.69, 9.17) is 5.26 Å². The SMILES string of the molecule is CCn1c(=O)cc(C)c2cc(C#N)ccc21. The van der Waals surface area contributed by atoms with Gasteiger partial charge in [0.2, 0.25) is 0 Å². The van der Waals surface area contributed by atoms with E-state index in [2.05, 4.69) is 6.07 Å². The Kier molecular flexibility index (Phi) is 2.49. The smallest absolute Gasteiger partial charge is 0.251 e. The van der Waals surface area contributed by atoms with E-state index in [0.717, 1.165) is 16.5 Å². The number of aromatic nitrogens is 1. The topological polar surface area (TPSA) is 45.8 Å². The summed E-state index contributed by atoms with van der Waals surface area (Å²) < 4.78 is 1.71. The van der Waals surface area contributed by atoms with Crippen LogP contribution in [0.1, 0.15) is 18.1 Å². The molecule has 2 rings (SSSR count). The molecule has 0 saturated carbocycles. The summed E-state index contributed by atoms with van der Waals surface area (Å²) >= 11 is 0. The first kappa shape index (κ1) is 10.4. The number of hydrogen-bond acceptors (Lipinski definition) is 2. The van der Waals surface area contributed by atoms with Crippen LogP contribution in [0.5, 0.6) is 0 Å². The Labute approximate surface area is 93.6 Å². The minimum atomic E-state index is 0.0113. The van der Waals surface area contributed by atoms with E-state index >= 15 is 0 Å². The molecule has 0 N–H and O–H groups in total. The Hall–Kier alpha value is -2.08. The molecule has 0 saturated heterocycles. The summed E-state index contributed by atoms with van der Waals surface area (Å²) in [6.45, 7) is 4.47. The van der Waals surface area contributed by atoms with Gasteiger partial charge in [0.1, 0.15) is 0 Å². The molecule has 80 valence electrons. The highest BCUT2D eigenvalue weighted by Crippen LogP contribution is 2.17. The summed E-state index contributed by atoms with van der Waals surface area (Å²) in [4.78, 5) is 11.7. The minimum Gasteiger partial charge on any atom is -0.309 e. The molecule has 1 aromatic carbocycles. The standard InChI is InChI=1S/C13H12N2O/c1-3-15-12-5-4-10(8-14)7-11(12)9(2)6-13(15)16/h4-7H,3H2,1-2H3. The lowest BCUT2D eigenvalue weighted by atomic mass is 10.1. The van der Waals surface area contributed by atoms with Gasteiger partial charge >= 0.3 is 0 Å². The van der Waals surface area contributed by atoms with Crippen LogP contribution in [-0.4, -0.2) is 4.57 Å². The van der Waals surface area contributed by atoms with E-state index in [1.165, 1.54) is 0 Å². The molecular formula is C13H12N2O. The van der Waals surface area contributed by atoms with E-state index in [0.29, 0.717) is 12.1 Å². The highest BCUT2D eigenvalue weighted by atomic mass is 16.1. The molecule has 0 aliphatic heterocycles. The molecular weight excluding hydrogens is 200 g/mol. The van der Waals surface area contributed by atoms with E-state index in [9.17, 15) is 4.79 Å². The molecule has 0 fully saturated rings. The molecule has 3 nitrogen and oxygen atoms in total. The summed E-state index contributed by atoms with van der Waals surface area (Å²) in [5.74, 6) is 0. The predicted molar refractivity (Wildman–Crippen MR) is 63.3 cm³/mol. The number of fused-ring (bicyclic) bond motifs is 1. The van der Waals surface area contributed by atoms with E-state index in [1.807, 2.05) is 26.0 Å². The van der Waals surface area contributed by atoms with Crippen LogP contribution in [0.3, 0.4) is 0 Å². The van der Waals surface area contributed by atoms with Crippen LogP contribution in [0.25, 0.3) is 10.9 Å². The minimum absolute atomic E-state index is 0.0113. The number of nitrogens with zero attached hydrogens (tertiary/aromatic N) is 2. The number of aryl methyl sites for hydroxylation is 2. The zero-order valence-electron chi connectivity index (χ0n) is 9.32. The van der Waals surface area contributed by atoms with Gasteiger partial charge in [-0.15, -0.1) is 0 Å². The van der Waals surface area contributed by atoms with Gasteiger partial charge in [0.25, 0.3) is 5.56 Å². The quantitative estimate of drug-likeness (QED) is 0.727. The van der Waals surface area contributed by atoms with Gasteiger partial charge in [-0.3, -0.25) is 4.79 Å². The van der Waals surface area contributed by atoms with Crippen molar-refractivity contribution in [1.29, 1.82) is 5.26 Å². The first-order chi connectivity index (χ1) is 7.67. The molecule has 1 heterocycles. The van der Waals surface area contributed by atoms with Crippen LogP contribution in [0.15, 0.2) is 29.1 Å². The summed E-state index contributed by atoms with van der Waals surface area (Å²) in [6.07, 6.45) is 0. The lowest BCUT2D eigenvalue weighted by molar-refractivity contribution is 0.758. The van der Waals surface area contributed by atoms with Crippen LogP contribution >= 0.6 is 0 Å². The Morgan fingerprint density at radius 2 is 2.12 bits per heavy atom. The Bertz CT molecular complexity index is 647. The van der Waals surface area contributed by atoms with Crippen LogP contribution in [-0.2, 0) is 6.54 Å². The number of benzene rings is 1. The van der Waals surface area contributed by atoms with Gasteiger partial charge in [0, 0.05) is 18.0 Å². The van der Waals surface area contributed by atoms with Gasteiger partial charge in [-0.05, 0) is 37.6 Å². The maximum atomic E-state index is 11.7. The second-order valence-corrected chi connectivity index (χ2v) is 3.75. The van der Waals surface area contributed by atoms with Gasteiger partial charge < -0.3 is 4.57 Å². The van der Waals surface area contributed by atoms with Crippen molar-refractivity contribution in [2.45, 2.75) is 20.4 Å². The van der Waals surface area contributed by atoms with Crippen molar-refractivity contribution >= 4 is 10.9 Å². The van der Waals surface area contributed by atoms with Crippen molar-refractivity contribution in [3.8, 4) is 6.07 Å². The first-order valence-corrected chi connectivity index (χ1v) is 5.21. The van der Waals surface area contributed by atoms with Crippen molar-refractivity contribution < 1.29 is 0 Å². The summed E-state index contributed by atoms with van der Waals surface area (Å²) in [7, 11) is 0. The average molecular weight is 212 g/mol. The molecule has 0 radical (unpaired) electrons. The molecule has 0 aliphatic rings.